The minimum atomic E-state index is -1.57. The SMILES string of the molecule is COc1ccc(-c2cc(=O)c3c(OC)c(OC)c(OC)c(OC)c3o2)cc1OC.OC[C@H]1OC(O)[C@H](O)[C@@H](O)[C@@H]1O. The third kappa shape index (κ3) is 6.12. The van der Waals surface area contributed by atoms with Crippen molar-refractivity contribution < 1.29 is 63.1 Å². The molecule has 0 spiro atoms. The summed E-state index contributed by atoms with van der Waals surface area (Å²) in [6.45, 7) is -0.526. The highest BCUT2D eigenvalue weighted by Crippen LogP contribution is 2.50. The summed E-state index contributed by atoms with van der Waals surface area (Å²) in [5.41, 5.74) is 0.476. The predicted octanol–water partition coefficient (Wildman–Crippen LogP) is 0.290. The summed E-state index contributed by atoms with van der Waals surface area (Å²) in [6.07, 6.45) is -7.04. The number of aliphatic hydroxyl groups is 5. The van der Waals surface area contributed by atoms with E-state index in [4.69, 9.17) is 58.4 Å². The van der Waals surface area contributed by atoms with Gasteiger partial charge < -0.3 is 63.1 Å². The molecule has 226 valence electrons. The molecule has 14 nitrogen and oxygen atoms in total. The molecule has 0 aliphatic carbocycles. The van der Waals surface area contributed by atoms with Gasteiger partial charge in [-0.05, 0) is 18.2 Å². The van der Waals surface area contributed by atoms with Gasteiger partial charge in [0.15, 0.2) is 34.6 Å². The lowest BCUT2D eigenvalue weighted by Crippen LogP contribution is -2.58. The van der Waals surface area contributed by atoms with E-state index >= 15 is 0 Å². The molecule has 1 saturated heterocycles. The van der Waals surface area contributed by atoms with Gasteiger partial charge in [0.2, 0.25) is 17.2 Å². The Morgan fingerprint density at radius 1 is 0.707 bits per heavy atom. The van der Waals surface area contributed by atoms with E-state index in [-0.39, 0.29) is 39.4 Å². The lowest BCUT2D eigenvalue weighted by atomic mass is 10.00. The van der Waals surface area contributed by atoms with Crippen LogP contribution in [0.25, 0.3) is 22.3 Å². The molecule has 1 aromatic heterocycles. The molecule has 1 fully saturated rings. The highest BCUT2D eigenvalue weighted by atomic mass is 16.6. The van der Waals surface area contributed by atoms with E-state index in [1.165, 1.54) is 41.6 Å². The van der Waals surface area contributed by atoms with Crippen LogP contribution in [0, 0.1) is 0 Å². The molecule has 1 aliphatic rings. The first-order chi connectivity index (χ1) is 19.6. The summed E-state index contributed by atoms with van der Waals surface area (Å²) < 4.78 is 43.0. The molecule has 41 heavy (non-hydrogen) atoms. The van der Waals surface area contributed by atoms with Crippen LogP contribution in [0.2, 0.25) is 0 Å². The zero-order chi connectivity index (χ0) is 30.4. The molecule has 5 N–H and O–H groups in total. The second-order valence-electron chi connectivity index (χ2n) is 8.60. The first-order valence-electron chi connectivity index (χ1n) is 12.2. The number of ether oxygens (including phenoxy) is 7. The minimum absolute atomic E-state index is 0.180. The quantitative estimate of drug-likeness (QED) is 0.243. The Bertz CT molecular complexity index is 1380. The van der Waals surface area contributed by atoms with E-state index in [0.717, 1.165) is 0 Å². The number of fused-ring (bicyclic) bond motifs is 1. The van der Waals surface area contributed by atoms with Crippen molar-refractivity contribution >= 4 is 11.0 Å². The lowest BCUT2D eigenvalue weighted by molar-refractivity contribution is -0.286. The van der Waals surface area contributed by atoms with Gasteiger partial charge >= 0.3 is 0 Å². The molecule has 0 amide bonds. The maximum Gasteiger partial charge on any atom is 0.211 e. The van der Waals surface area contributed by atoms with E-state index in [2.05, 4.69) is 4.74 Å². The summed E-state index contributed by atoms with van der Waals surface area (Å²) in [6, 6.07) is 6.57. The molecule has 1 aliphatic heterocycles. The average Bonchev–Trinajstić information content (AvgIpc) is 3.00. The van der Waals surface area contributed by atoms with Crippen molar-refractivity contribution in [1.29, 1.82) is 0 Å². The van der Waals surface area contributed by atoms with Gasteiger partial charge in [-0.2, -0.15) is 0 Å². The number of benzene rings is 2. The fourth-order valence-corrected chi connectivity index (χ4v) is 4.26. The number of aliphatic hydroxyl groups excluding tert-OH is 5. The molecule has 5 atom stereocenters. The van der Waals surface area contributed by atoms with Crippen LogP contribution in [-0.4, -0.2) is 106 Å². The summed E-state index contributed by atoms with van der Waals surface area (Å²) in [5, 5.41) is 44.8. The molecule has 2 heterocycles. The second-order valence-corrected chi connectivity index (χ2v) is 8.60. The van der Waals surface area contributed by atoms with Gasteiger partial charge in [0.1, 0.15) is 35.6 Å². The van der Waals surface area contributed by atoms with E-state index in [1.807, 2.05) is 0 Å². The van der Waals surface area contributed by atoms with Crippen LogP contribution >= 0.6 is 0 Å². The minimum Gasteiger partial charge on any atom is -0.493 e. The van der Waals surface area contributed by atoms with E-state index in [0.29, 0.717) is 22.8 Å². The number of methoxy groups -OCH3 is 6. The van der Waals surface area contributed by atoms with Gasteiger partial charge in [0.25, 0.3) is 0 Å². The van der Waals surface area contributed by atoms with Crippen LogP contribution in [0.15, 0.2) is 33.5 Å². The molecule has 3 aromatic rings. The van der Waals surface area contributed by atoms with Crippen molar-refractivity contribution in [1.82, 2.24) is 0 Å². The number of hydrogen-bond acceptors (Lipinski definition) is 14. The molecule has 1 unspecified atom stereocenters. The van der Waals surface area contributed by atoms with E-state index < -0.39 is 37.3 Å². The Kier molecular flexibility index (Phi) is 10.6. The Morgan fingerprint density at radius 2 is 1.29 bits per heavy atom. The first kappa shape index (κ1) is 31.7. The molecule has 14 heteroatoms. The smallest absolute Gasteiger partial charge is 0.211 e. The zero-order valence-electron chi connectivity index (χ0n) is 23.3. The number of hydrogen-bond donors (Lipinski definition) is 5. The summed E-state index contributed by atoms with van der Waals surface area (Å²) in [5.74, 6) is 2.30. The largest absolute Gasteiger partial charge is 0.493 e. The molecule has 0 saturated carbocycles. The van der Waals surface area contributed by atoms with E-state index in [1.54, 1.807) is 25.3 Å². The van der Waals surface area contributed by atoms with Crippen LogP contribution in [-0.2, 0) is 4.74 Å². The number of rotatable bonds is 8. The van der Waals surface area contributed by atoms with Gasteiger partial charge in [-0.3, -0.25) is 4.79 Å². The van der Waals surface area contributed by atoms with Crippen LogP contribution in [0.1, 0.15) is 0 Å². The Morgan fingerprint density at radius 3 is 1.83 bits per heavy atom. The van der Waals surface area contributed by atoms with E-state index in [9.17, 15) is 4.79 Å². The summed E-state index contributed by atoms with van der Waals surface area (Å²) >= 11 is 0. The Hall–Kier alpha value is -3.79. The second kappa shape index (κ2) is 13.7. The normalized spacial score (nSPS) is 21.9. The van der Waals surface area contributed by atoms with Crippen LogP contribution < -0.4 is 33.8 Å². The topological polar surface area (TPSA) is 196 Å². The monoisotopic (exact) mass is 582 g/mol. The van der Waals surface area contributed by atoms with Crippen LogP contribution in [0.4, 0.5) is 0 Å². The molecular formula is C27H34O14. The van der Waals surface area contributed by atoms with Gasteiger partial charge in [-0.1, -0.05) is 0 Å². The summed E-state index contributed by atoms with van der Waals surface area (Å²) in [4.78, 5) is 13.0. The highest BCUT2D eigenvalue weighted by molar-refractivity contribution is 5.95. The van der Waals surface area contributed by atoms with Gasteiger partial charge in [-0.15, -0.1) is 0 Å². The Balaban J connectivity index is 0.000000322. The van der Waals surface area contributed by atoms with Crippen molar-refractivity contribution in [3.05, 3.63) is 34.5 Å². The van der Waals surface area contributed by atoms with Crippen molar-refractivity contribution in [2.75, 3.05) is 49.3 Å². The van der Waals surface area contributed by atoms with Crippen molar-refractivity contribution in [3.8, 4) is 45.8 Å². The molecule has 0 bridgehead atoms. The third-order valence-corrected chi connectivity index (χ3v) is 6.35. The fourth-order valence-electron chi connectivity index (χ4n) is 4.26. The molecule has 2 aromatic carbocycles. The maximum atomic E-state index is 13.0. The average molecular weight is 583 g/mol. The first-order valence-corrected chi connectivity index (χ1v) is 12.2. The molecule has 0 radical (unpaired) electrons. The summed E-state index contributed by atoms with van der Waals surface area (Å²) in [7, 11) is 8.87. The van der Waals surface area contributed by atoms with Gasteiger partial charge in [0.05, 0.1) is 49.3 Å². The fraction of sp³-hybridized carbons (Fsp3) is 0.444. The predicted molar refractivity (Wildman–Crippen MR) is 143 cm³/mol. The Labute approximate surface area is 234 Å². The van der Waals surface area contributed by atoms with Crippen LogP contribution in [0.3, 0.4) is 0 Å². The molecular weight excluding hydrogens is 548 g/mol. The van der Waals surface area contributed by atoms with Crippen molar-refractivity contribution in [2.45, 2.75) is 30.7 Å². The van der Waals surface area contributed by atoms with Crippen molar-refractivity contribution in [2.24, 2.45) is 0 Å². The molecule has 4 rings (SSSR count). The third-order valence-electron chi connectivity index (χ3n) is 6.35. The van der Waals surface area contributed by atoms with Gasteiger partial charge in [0, 0.05) is 11.6 Å². The lowest BCUT2D eigenvalue weighted by Gasteiger charge is -2.37. The van der Waals surface area contributed by atoms with Crippen LogP contribution in [0.5, 0.6) is 34.5 Å². The standard InChI is InChI=1S/C21H22O8.C6H12O6/c1-23-13-8-7-11(9-15(13)24-2)14-10-12(22)16-17(25-3)19(26-4)21(28-6)20(27-5)18(16)29-14;7-1-2-3(8)4(9)5(10)6(11)12-2/h7-10H,1-6H3;2-11H,1H2/t;2-,3-,4+,5-,6?/m.1/s1. The maximum absolute atomic E-state index is 13.0. The van der Waals surface area contributed by atoms with Gasteiger partial charge in [-0.25, -0.2) is 0 Å². The van der Waals surface area contributed by atoms with Crippen molar-refractivity contribution in [3.63, 3.8) is 0 Å². The highest BCUT2D eigenvalue weighted by Gasteiger charge is 2.42. The zero-order valence-corrected chi connectivity index (χ0v) is 23.3.